The van der Waals surface area contributed by atoms with Gasteiger partial charge in [-0.05, 0) is 83.5 Å². The first-order valence-electron chi connectivity index (χ1n) is 14.9. The van der Waals surface area contributed by atoms with Crippen molar-refractivity contribution in [2.24, 2.45) is 16.3 Å². The number of piperidine rings is 2. The van der Waals surface area contributed by atoms with Crippen molar-refractivity contribution in [1.82, 2.24) is 19.8 Å². The summed E-state index contributed by atoms with van der Waals surface area (Å²) >= 11 is 0. The molecule has 8 nitrogen and oxygen atoms in total. The number of likely N-dealkylation sites (tertiary alicyclic amines) is 1. The topological polar surface area (TPSA) is 71.3 Å². The summed E-state index contributed by atoms with van der Waals surface area (Å²) < 4.78 is 8.07. The van der Waals surface area contributed by atoms with E-state index in [1.807, 2.05) is 25.7 Å². The maximum atomic E-state index is 12.5. The van der Waals surface area contributed by atoms with Crippen molar-refractivity contribution in [3.63, 3.8) is 0 Å². The van der Waals surface area contributed by atoms with Gasteiger partial charge in [0.05, 0.1) is 17.3 Å². The van der Waals surface area contributed by atoms with Crippen LogP contribution in [-0.4, -0.2) is 64.3 Å². The van der Waals surface area contributed by atoms with E-state index >= 15 is 0 Å². The number of hydrogen-bond donors (Lipinski definition) is 1. The number of fused-ring (bicyclic) bond motifs is 3. The molecule has 2 saturated heterocycles. The smallest absolute Gasteiger partial charge is 0.410 e. The zero-order valence-corrected chi connectivity index (χ0v) is 23.7. The van der Waals surface area contributed by atoms with Crippen LogP contribution in [0.25, 0.3) is 16.6 Å². The Morgan fingerprint density at radius 1 is 1.18 bits per heavy atom. The van der Waals surface area contributed by atoms with E-state index in [4.69, 9.17) is 14.6 Å². The van der Waals surface area contributed by atoms with E-state index in [1.54, 1.807) is 0 Å². The van der Waals surface area contributed by atoms with E-state index < -0.39 is 5.60 Å². The molecule has 0 spiro atoms. The first-order valence-corrected chi connectivity index (χ1v) is 14.9. The summed E-state index contributed by atoms with van der Waals surface area (Å²) in [5, 5.41) is 1.38. The molecule has 0 radical (unpaired) electrons. The van der Waals surface area contributed by atoms with Gasteiger partial charge in [-0.15, -0.1) is 0 Å². The number of para-hydroxylation sites is 1. The molecule has 7 rings (SSSR count). The van der Waals surface area contributed by atoms with Crippen LogP contribution in [0.4, 0.5) is 4.79 Å². The molecule has 1 unspecified atom stereocenters. The monoisotopic (exact) mass is 531 g/mol. The molecule has 1 N–H and O–H groups in total. The largest absolute Gasteiger partial charge is 0.444 e. The van der Waals surface area contributed by atoms with Crippen LogP contribution < -0.4 is 5.48 Å². The highest BCUT2D eigenvalue weighted by Gasteiger charge is 2.51. The standard InChI is InChI=1S/C31H41N5O3/c1-5-31-14-8-15-34-18-13-22-21-9-6-7-10-23(21)36(25(22)26(31)34)24(19-31)27-32-28(39-33-27)20-11-16-35(17-12-20)29(37)38-30(2,3)4/h6-7,9-10,19-20,26,28H,5,8,11-18H2,1-4H3,(H,32,33)/t26-,28?,31+/m1/s1. The van der Waals surface area contributed by atoms with Crippen LogP contribution in [0.2, 0.25) is 0 Å². The summed E-state index contributed by atoms with van der Waals surface area (Å²) in [6, 6.07) is 9.29. The molecule has 2 aromatic rings. The fourth-order valence-corrected chi connectivity index (χ4v) is 7.76. The number of ether oxygens (including phenoxy) is 1. The minimum Gasteiger partial charge on any atom is -0.444 e. The second-order valence-corrected chi connectivity index (χ2v) is 13.0. The number of carbonyl (C=O) groups is 1. The average molecular weight is 532 g/mol. The Morgan fingerprint density at radius 3 is 2.74 bits per heavy atom. The third-order valence-electron chi connectivity index (χ3n) is 9.62. The SMILES string of the molecule is CC[C@@]12C=C(C3=NC(C4CCN(C(=O)OC(C)(C)C)CC4)ON3)n3c4c(c5ccccc53)CCN(CCC1)[C@H]42. The molecule has 6 heterocycles. The third kappa shape index (κ3) is 4.01. The lowest BCUT2D eigenvalue weighted by Gasteiger charge is -2.53. The van der Waals surface area contributed by atoms with Crippen molar-refractivity contribution < 1.29 is 14.4 Å². The van der Waals surface area contributed by atoms with Gasteiger partial charge in [0.1, 0.15) is 5.60 Å². The van der Waals surface area contributed by atoms with E-state index in [1.165, 1.54) is 41.5 Å². The maximum Gasteiger partial charge on any atom is 0.410 e. The van der Waals surface area contributed by atoms with Gasteiger partial charge in [0.15, 0.2) is 12.1 Å². The van der Waals surface area contributed by atoms with E-state index in [0.717, 1.165) is 43.8 Å². The Hall–Kier alpha value is -2.84. The van der Waals surface area contributed by atoms with Gasteiger partial charge in [-0.25, -0.2) is 20.1 Å². The molecule has 1 aromatic carbocycles. The van der Waals surface area contributed by atoms with Crippen molar-refractivity contribution in [2.75, 3.05) is 26.2 Å². The number of carbonyl (C=O) groups excluding carboxylic acids is 1. The number of aromatic nitrogens is 1. The molecule has 0 bridgehead atoms. The van der Waals surface area contributed by atoms with E-state index in [-0.39, 0.29) is 23.7 Å². The fourth-order valence-electron chi connectivity index (χ4n) is 7.76. The quantitative estimate of drug-likeness (QED) is 0.567. The Labute approximate surface area is 231 Å². The van der Waals surface area contributed by atoms with Gasteiger partial charge in [-0.1, -0.05) is 25.1 Å². The predicted octanol–water partition coefficient (Wildman–Crippen LogP) is 5.49. The number of nitrogens with zero attached hydrogens (tertiary/aromatic N) is 4. The maximum absolute atomic E-state index is 12.5. The highest BCUT2D eigenvalue weighted by Crippen LogP contribution is 2.57. The van der Waals surface area contributed by atoms with Gasteiger partial charge in [0, 0.05) is 42.0 Å². The molecule has 0 aliphatic carbocycles. The van der Waals surface area contributed by atoms with E-state index in [9.17, 15) is 4.79 Å². The van der Waals surface area contributed by atoms with E-state index in [0.29, 0.717) is 19.1 Å². The number of amides is 1. The van der Waals surface area contributed by atoms with Crippen molar-refractivity contribution in [1.29, 1.82) is 0 Å². The number of nitrogens with one attached hydrogen (secondary N) is 1. The summed E-state index contributed by atoms with van der Waals surface area (Å²) in [6.07, 6.45) is 8.39. The van der Waals surface area contributed by atoms with Crippen LogP contribution in [0, 0.1) is 11.3 Å². The summed E-state index contributed by atoms with van der Waals surface area (Å²) in [4.78, 5) is 28.4. The Morgan fingerprint density at radius 2 is 1.97 bits per heavy atom. The molecule has 39 heavy (non-hydrogen) atoms. The molecule has 8 heteroatoms. The molecule has 0 saturated carbocycles. The highest BCUT2D eigenvalue weighted by atomic mass is 16.7. The summed E-state index contributed by atoms with van der Waals surface area (Å²) in [5.74, 6) is 1.10. The second-order valence-electron chi connectivity index (χ2n) is 13.0. The van der Waals surface area contributed by atoms with Gasteiger partial charge in [-0.2, -0.15) is 0 Å². The van der Waals surface area contributed by atoms with Gasteiger partial charge in [-0.3, -0.25) is 4.90 Å². The second kappa shape index (κ2) is 9.10. The highest BCUT2D eigenvalue weighted by molar-refractivity contribution is 6.19. The summed E-state index contributed by atoms with van der Waals surface area (Å²) in [7, 11) is 0. The Kier molecular flexibility index (Phi) is 5.87. The molecule has 3 atom stereocenters. The van der Waals surface area contributed by atoms with E-state index in [2.05, 4.69) is 52.2 Å². The Bertz CT molecular complexity index is 1360. The molecule has 1 amide bonds. The van der Waals surface area contributed by atoms with Crippen molar-refractivity contribution >= 4 is 28.5 Å². The zero-order valence-electron chi connectivity index (χ0n) is 23.7. The summed E-state index contributed by atoms with van der Waals surface area (Å²) in [6.45, 7) is 11.7. The zero-order chi connectivity index (χ0) is 26.9. The Balaban J connectivity index is 1.21. The van der Waals surface area contributed by atoms with Crippen LogP contribution in [0.15, 0.2) is 35.3 Å². The minimum absolute atomic E-state index is 0.105. The van der Waals surface area contributed by atoms with Crippen molar-refractivity contribution in [3.8, 4) is 0 Å². The predicted molar refractivity (Wildman–Crippen MR) is 152 cm³/mol. The molecule has 5 aliphatic heterocycles. The van der Waals surface area contributed by atoms with Crippen molar-refractivity contribution in [2.45, 2.75) is 84.1 Å². The molecule has 1 aromatic heterocycles. The number of hydrogen-bond acceptors (Lipinski definition) is 6. The normalized spacial score (nSPS) is 29.1. The minimum atomic E-state index is -0.481. The molecular weight excluding hydrogens is 490 g/mol. The lowest BCUT2D eigenvalue weighted by atomic mass is 9.66. The van der Waals surface area contributed by atoms with Crippen LogP contribution in [0.3, 0.4) is 0 Å². The van der Waals surface area contributed by atoms with Gasteiger partial charge < -0.3 is 14.2 Å². The molecule has 5 aliphatic rings. The van der Waals surface area contributed by atoms with Gasteiger partial charge in [0.25, 0.3) is 0 Å². The number of rotatable bonds is 3. The number of aliphatic imine (C=N–C) groups is 1. The number of amidine groups is 1. The van der Waals surface area contributed by atoms with Crippen molar-refractivity contribution in [3.05, 3.63) is 41.6 Å². The van der Waals surface area contributed by atoms with Gasteiger partial charge in [0.2, 0.25) is 0 Å². The van der Waals surface area contributed by atoms with Crippen LogP contribution in [0.5, 0.6) is 0 Å². The fraction of sp³-hybridized carbons (Fsp3) is 0.613. The van der Waals surface area contributed by atoms with Crippen LogP contribution in [-0.2, 0) is 16.0 Å². The van der Waals surface area contributed by atoms with Crippen LogP contribution in [0.1, 0.15) is 77.1 Å². The lowest BCUT2D eigenvalue weighted by Crippen LogP contribution is -2.51. The molecule has 208 valence electrons. The number of benzene rings is 1. The van der Waals surface area contributed by atoms with Gasteiger partial charge >= 0.3 is 6.09 Å². The first-order chi connectivity index (χ1) is 18.8. The average Bonchev–Trinajstić information content (AvgIpc) is 3.55. The van der Waals surface area contributed by atoms with Crippen LogP contribution >= 0.6 is 0 Å². The first kappa shape index (κ1) is 25.1. The summed E-state index contributed by atoms with van der Waals surface area (Å²) in [5.41, 5.74) is 8.28. The molecular formula is C31H41N5O3. The molecule has 2 fully saturated rings. The lowest BCUT2D eigenvalue weighted by molar-refractivity contribution is -0.0242. The third-order valence-corrected chi connectivity index (χ3v) is 9.62. The number of hydroxylamine groups is 1.